The summed E-state index contributed by atoms with van der Waals surface area (Å²) in [6, 6.07) is 20.8. The highest BCUT2D eigenvalue weighted by Crippen LogP contribution is 2.17. The molecule has 2 atom stereocenters. The van der Waals surface area contributed by atoms with Crippen LogP contribution in [-0.2, 0) is 13.0 Å². The first-order valence-corrected chi connectivity index (χ1v) is 14.4. The summed E-state index contributed by atoms with van der Waals surface area (Å²) in [7, 11) is 1.58. The molecule has 0 radical (unpaired) electrons. The highest BCUT2D eigenvalue weighted by molar-refractivity contribution is 6.04. The zero-order valence-corrected chi connectivity index (χ0v) is 24.6. The third-order valence-electron chi connectivity index (χ3n) is 6.90. The van der Waals surface area contributed by atoms with Crippen molar-refractivity contribution >= 4 is 17.7 Å². The summed E-state index contributed by atoms with van der Waals surface area (Å²) >= 11 is 0. The minimum absolute atomic E-state index is 0.0633. The van der Waals surface area contributed by atoms with Crippen molar-refractivity contribution < 1.29 is 24.2 Å². The topological polar surface area (TPSA) is 134 Å². The van der Waals surface area contributed by atoms with Crippen LogP contribution in [0.1, 0.15) is 68.9 Å². The lowest BCUT2D eigenvalue weighted by molar-refractivity contribution is 0.0755. The smallest absolute Gasteiger partial charge is 0.253 e. The Bertz CT molecular complexity index is 1330. The molecule has 5 N–H and O–H groups in total. The summed E-state index contributed by atoms with van der Waals surface area (Å²) in [5, 5.41) is 17.4. The Balaban J connectivity index is 1.86. The van der Waals surface area contributed by atoms with Gasteiger partial charge >= 0.3 is 0 Å². The number of amides is 3. The van der Waals surface area contributed by atoms with Gasteiger partial charge in [0.2, 0.25) is 5.91 Å². The molecule has 224 valence electrons. The van der Waals surface area contributed by atoms with E-state index in [1.807, 2.05) is 68.4 Å². The van der Waals surface area contributed by atoms with E-state index in [0.29, 0.717) is 31.8 Å². The molecule has 0 aromatic heterocycles. The Hall–Kier alpha value is -4.21. The fraction of sp³-hybridized carbons (Fsp3) is 0.364. The van der Waals surface area contributed by atoms with Crippen LogP contribution in [0.3, 0.4) is 0 Å². The average molecular weight is 575 g/mol. The predicted octanol–water partition coefficient (Wildman–Crippen LogP) is 3.55. The van der Waals surface area contributed by atoms with Crippen LogP contribution in [0.15, 0.2) is 72.8 Å². The number of aliphatic hydroxyl groups excluding tert-OH is 1. The van der Waals surface area contributed by atoms with Gasteiger partial charge in [0.1, 0.15) is 5.75 Å². The van der Waals surface area contributed by atoms with Gasteiger partial charge < -0.3 is 31.1 Å². The van der Waals surface area contributed by atoms with Gasteiger partial charge in [-0.05, 0) is 60.7 Å². The van der Waals surface area contributed by atoms with E-state index in [1.165, 1.54) is 18.2 Å². The molecule has 0 saturated heterocycles. The quantitative estimate of drug-likeness (QED) is 0.207. The van der Waals surface area contributed by atoms with Crippen LogP contribution >= 0.6 is 0 Å². The standard InChI is InChI=1S/C33H42N4O5/c1-4-14-37(15-5-2)33(41)27-19-25(31(34)39)18-26(20-27)32(40)36-29(17-24-12-9-13-28(16-24)42-3)30(38)22-35-21-23-10-7-6-8-11-23/h6-13,16,18-20,29-30,35,38H,4-5,14-15,17,21-22H2,1-3H3,(H2,34,39)(H,36,40)/t29-,30+/m0/s1. The van der Waals surface area contributed by atoms with Gasteiger partial charge in [-0.15, -0.1) is 0 Å². The van der Waals surface area contributed by atoms with Gasteiger partial charge in [0, 0.05) is 42.9 Å². The summed E-state index contributed by atoms with van der Waals surface area (Å²) in [6.45, 7) is 5.85. The van der Waals surface area contributed by atoms with Gasteiger partial charge in [0.15, 0.2) is 0 Å². The molecule has 0 unspecified atom stereocenters. The fourth-order valence-corrected chi connectivity index (χ4v) is 4.75. The van der Waals surface area contributed by atoms with Crippen molar-refractivity contribution in [3.63, 3.8) is 0 Å². The molecular weight excluding hydrogens is 532 g/mol. The van der Waals surface area contributed by atoms with Crippen molar-refractivity contribution in [1.29, 1.82) is 0 Å². The van der Waals surface area contributed by atoms with Crippen LogP contribution in [0.5, 0.6) is 5.75 Å². The zero-order chi connectivity index (χ0) is 30.5. The van der Waals surface area contributed by atoms with Crippen LogP contribution < -0.4 is 21.1 Å². The molecule has 9 nitrogen and oxygen atoms in total. The molecule has 3 amide bonds. The number of hydrogen-bond acceptors (Lipinski definition) is 6. The molecular formula is C33H42N4O5. The van der Waals surface area contributed by atoms with Gasteiger partial charge in [-0.2, -0.15) is 0 Å². The lowest BCUT2D eigenvalue weighted by Gasteiger charge is -2.25. The first kappa shape index (κ1) is 32.3. The van der Waals surface area contributed by atoms with Gasteiger partial charge in [-0.25, -0.2) is 0 Å². The molecule has 3 rings (SSSR count). The Morgan fingerprint density at radius 2 is 1.52 bits per heavy atom. The third-order valence-corrected chi connectivity index (χ3v) is 6.90. The maximum absolute atomic E-state index is 13.6. The number of carbonyl (C=O) groups excluding carboxylic acids is 3. The first-order valence-electron chi connectivity index (χ1n) is 14.4. The maximum Gasteiger partial charge on any atom is 0.253 e. The Labute approximate surface area is 248 Å². The summed E-state index contributed by atoms with van der Waals surface area (Å²) in [5.74, 6) is -0.877. The number of nitrogens with two attached hydrogens (primary N) is 1. The normalized spacial score (nSPS) is 12.3. The number of carbonyl (C=O) groups is 3. The molecule has 42 heavy (non-hydrogen) atoms. The van der Waals surface area contributed by atoms with Crippen LogP contribution in [0.2, 0.25) is 0 Å². The monoisotopic (exact) mass is 574 g/mol. The highest BCUT2D eigenvalue weighted by atomic mass is 16.5. The number of ether oxygens (including phenoxy) is 1. The van der Waals surface area contributed by atoms with E-state index in [2.05, 4.69) is 10.6 Å². The number of rotatable bonds is 16. The number of benzene rings is 3. The summed E-state index contributed by atoms with van der Waals surface area (Å²) in [4.78, 5) is 40.8. The van der Waals surface area contributed by atoms with Crippen molar-refractivity contribution in [1.82, 2.24) is 15.5 Å². The van der Waals surface area contributed by atoms with Gasteiger partial charge in [0.05, 0.1) is 19.3 Å². The average Bonchev–Trinajstić information content (AvgIpc) is 3.00. The highest BCUT2D eigenvalue weighted by Gasteiger charge is 2.25. The van der Waals surface area contributed by atoms with Gasteiger partial charge in [0.25, 0.3) is 11.8 Å². The van der Waals surface area contributed by atoms with Crippen molar-refractivity contribution in [3.8, 4) is 5.75 Å². The lowest BCUT2D eigenvalue weighted by atomic mass is 9.99. The van der Waals surface area contributed by atoms with E-state index < -0.39 is 24.0 Å². The largest absolute Gasteiger partial charge is 0.497 e. The second kappa shape index (κ2) is 16.3. The second-order valence-electron chi connectivity index (χ2n) is 10.3. The fourth-order valence-electron chi connectivity index (χ4n) is 4.75. The van der Waals surface area contributed by atoms with E-state index >= 15 is 0 Å². The van der Waals surface area contributed by atoms with Crippen LogP contribution in [0.25, 0.3) is 0 Å². The molecule has 0 aliphatic rings. The molecule has 0 saturated carbocycles. The van der Waals surface area contributed by atoms with E-state index in [0.717, 1.165) is 24.0 Å². The van der Waals surface area contributed by atoms with E-state index in [1.54, 1.807) is 12.0 Å². The Kier molecular flexibility index (Phi) is 12.5. The molecule has 3 aromatic rings. The number of nitrogens with zero attached hydrogens (tertiary/aromatic N) is 1. The van der Waals surface area contributed by atoms with Crippen LogP contribution in [0, 0.1) is 0 Å². The number of hydrogen-bond donors (Lipinski definition) is 4. The molecule has 9 heteroatoms. The molecule has 0 spiro atoms. The Morgan fingerprint density at radius 3 is 2.17 bits per heavy atom. The van der Waals surface area contributed by atoms with Crippen molar-refractivity contribution in [2.45, 2.75) is 51.8 Å². The molecule has 0 aliphatic carbocycles. The van der Waals surface area contributed by atoms with Crippen molar-refractivity contribution in [3.05, 3.63) is 101 Å². The summed E-state index contributed by atoms with van der Waals surface area (Å²) in [5.41, 5.74) is 7.89. The van der Waals surface area contributed by atoms with E-state index in [-0.39, 0.29) is 29.1 Å². The molecule has 0 bridgehead atoms. The Morgan fingerprint density at radius 1 is 0.881 bits per heavy atom. The SMILES string of the molecule is CCCN(CCC)C(=O)c1cc(C(N)=O)cc(C(=O)N[C@@H](Cc2cccc(OC)c2)[C@H](O)CNCc2ccccc2)c1. The number of primary amides is 1. The number of aliphatic hydroxyl groups is 1. The van der Waals surface area contributed by atoms with E-state index in [9.17, 15) is 19.5 Å². The second-order valence-corrected chi connectivity index (χ2v) is 10.3. The number of nitrogens with one attached hydrogen (secondary N) is 2. The van der Waals surface area contributed by atoms with Gasteiger partial charge in [-0.1, -0.05) is 56.3 Å². The first-order chi connectivity index (χ1) is 20.2. The summed E-state index contributed by atoms with van der Waals surface area (Å²) < 4.78 is 5.34. The van der Waals surface area contributed by atoms with Crippen LogP contribution in [0.4, 0.5) is 0 Å². The molecule has 0 heterocycles. The zero-order valence-electron chi connectivity index (χ0n) is 24.6. The van der Waals surface area contributed by atoms with E-state index in [4.69, 9.17) is 10.5 Å². The van der Waals surface area contributed by atoms with Crippen molar-refractivity contribution in [2.75, 3.05) is 26.7 Å². The summed E-state index contributed by atoms with van der Waals surface area (Å²) in [6.07, 6.45) is 0.918. The minimum atomic E-state index is -0.950. The lowest BCUT2D eigenvalue weighted by Crippen LogP contribution is -2.48. The molecule has 0 fully saturated rings. The third kappa shape index (κ3) is 9.43. The van der Waals surface area contributed by atoms with Crippen molar-refractivity contribution in [2.24, 2.45) is 5.73 Å². The minimum Gasteiger partial charge on any atom is -0.497 e. The predicted molar refractivity (Wildman–Crippen MR) is 164 cm³/mol. The van der Waals surface area contributed by atoms with Gasteiger partial charge in [-0.3, -0.25) is 14.4 Å². The maximum atomic E-state index is 13.6. The molecule has 3 aromatic carbocycles. The number of methoxy groups -OCH3 is 1. The molecule has 0 aliphatic heterocycles. The van der Waals surface area contributed by atoms with Crippen LogP contribution in [-0.4, -0.2) is 66.6 Å².